The van der Waals surface area contributed by atoms with Gasteiger partial charge < -0.3 is 9.64 Å². The van der Waals surface area contributed by atoms with Crippen molar-refractivity contribution in [2.75, 3.05) is 12.0 Å². The summed E-state index contributed by atoms with van der Waals surface area (Å²) >= 11 is 0. The Morgan fingerprint density at radius 2 is 2.00 bits per heavy atom. The summed E-state index contributed by atoms with van der Waals surface area (Å²) in [6, 6.07) is 4.62. The number of piperidine rings is 2. The minimum Gasteiger partial charge on any atom is -0.494 e. The van der Waals surface area contributed by atoms with E-state index in [1.54, 1.807) is 11.0 Å². The van der Waals surface area contributed by atoms with E-state index in [0.717, 1.165) is 25.7 Å². The number of anilines is 1. The lowest BCUT2D eigenvalue weighted by Gasteiger charge is -2.44. The average molecular weight is 276 g/mol. The van der Waals surface area contributed by atoms with E-state index in [9.17, 15) is 14.9 Å². The van der Waals surface area contributed by atoms with Gasteiger partial charge in [-0.3, -0.25) is 14.9 Å². The highest BCUT2D eigenvalue weighted by atomic mass is 16.6. The molecular formula is C14H16N2O4. The molecule has 2 aliphatic heterocycles. The lowest BCUT2D eigenvalue weighted by atomic mass is 9.79. The lowest BCUT2D eigenvalue weighted by molar-refractivity contribution is -0.384. The van der Waals surface area contributed by atoms with Gasteiger partial charge in [-0.2, -0.15) is 0 Å². The van der Waals surface area contributed by atoms with Crippen molar-refractivity contribution < 1.29 is 14.5 Å². The van der Waals surface area contributed by atoms with Gasteiger partial charge in [-0.05, 0) is 31.7 Å². The van der Waals surface area contributed by atoms with Gasteiger partial charge in [0.2, 0.25) is 5.91 Å². The molecule has 20 heavy (non-hydrogen) atoms. The molecular weight excluding hydrogens is 260 g/mol. The molecule has 0 atom stereocenters. The van der Waals surface area contributed by atoms with Gasteiger partial charge >= 0.3 is 0 Å². The molecule has 2 heterocycles. The summed E-state index contributed by atoms with van der Waals surface area (Å²) in [5.41, 5.74) is 0.623. The fraction of sp³-hybridized carbons (Fsp3) is 0.500. The maximum atomic E-state index is 12.4. The van der Waals surface area contributed by atoms with Crippen LogP contribution in [-0.2, 0) is 4.79 Å². The summed E-state index contributed by atoms with van der Waals surface area (Å²) in [7, 11) is 1.47. The van der Waals surface area contributed by atoms with Crippen molar-refractivity contribution in [1.82, 2.24) is 0 Å². The van der Waals surface area contributed by atoms with Crippen LogP contribution in [0.2, 0.25) is 0 Å². The minimum atomic E-state index is -0.462. The molecule has 3 aliphatic rings. The topological polar surface area (TPSA) is 72.7 Å². The molecule has 2 bridgehead atoms. The number of nitrogens with zero attached hydrogens (tertiary/aromatic N) is 2. The van der Waals surface area contributed by atoms with E-state index in [-0.39, 0.29) is 23.6 Å². The summed E-state index contributed by atoms with van der Waals surface area (Å²) in [5.74, 6) is 0.611. The Morgan fingerprint density at radius 1 is 1.30 bits per heavy atom. The molecule has 0 radical (unpaired) electrons. The van der Waals surface area contributed by atoms with Crippen LogP contribution >= 0.6 is 0 Å². The number of hydrogen-bond acceptors (Lipinski definition) is 4. The Morgan fingerprint density at radius 3 is 2.55 bits per heavy atom. The van der Waals surface area contributed by atoms with E-state index in [4.69, 9.17) is 4.74 Å². The molecule has 1 amide bonds. The van der Waals surface area contributed by atoms with Crippen LogP contribution in [0.1, 0.15) is 25.7 Å². The van der Waals surface area contributed by atoms with Crippen LogP contribution in [0.3, 0.4) is 0 Å². The normalized spacial score (nSPS) is 24.9. The molecule has 6 heteroatoms. The largest absolute Gasteiger partial charge is 0.494 e. The monoisotopic (exact) mass is 276 g/mol. The highest BCUT2D eigenvalue weighted by molar-refractivity contribution is 5.98. The van der Waals surface area contributed by atoms with Crippen LogP contribution in [0.15, 0.2) is 18.2 Å². The first-order chi connectivity index (χ1) is 9.61. The molecule has 0 spiro atoms. The second-order valence-corrected chi connectivity index (χ2v) is 5.33. The number of fused-ring (bicyclic) bond motifs is 3. The van der Waals surface area contributed by atoms with E-state index in [2.05, 4.69) is 0 Å². The van der Waals surface area contributed by atoms with E-state index < -0.39 is 4.92 Å². The Balaban J connectivity index is 2.01. The quantitative estimate of drug-likeness (QED) is 0.628. The van der Waals surface area contributed by atoms with Gasteiger partial charge in [0.1, 0.15) is 5.75 Å². The predicted octanol–water partition coefficient (Wildman–Crippen LogP) is 2.51. The Kier molecular flexibility index (Phi) is 3.08. The Hall–Kier alpha value is -2.11. The molecule has 3 fully saturated rings. The average Bonchev–Trinajstić information content (AvgIpc) is 2.48. The zero-order chi connectivity index (χ0) is 14.3. The fourth-order valence-electron chi connectivity index (χ4n) is 3.25. The lowest BCUT2D eigenvalue weighted by Crippen LogP contribution is -2.52. The fourth-order valence-corrected chi connectivity index (χ4v) is 3.25. The third-order valence-corrected chi connectivity index (χ3v) is 4.28. The zero-order valence-electron chi connectivity index (χ0n) is 11.2. The van der Waals surface area contributed by atoms with Crippen molar-refractivity contribution >= 4 is 17.3 Å². The van der Waals surface area contributed by atoms with Crippen molar-refractivity contribution in [3.05, 3.63) is 28.3 Å². The van der Waals surface area contributed by atoms with Crippen LogP contribution in [0.25, 0.3) is 0 Å². The van der Waals surface area contributed by atoms with Crippen molar-refractivity contribution in [3.8, 4) is 5.75 Å². The summed E-state index contributed by atoms with van der Waals surface area (Å²) in [6.45, 7) is 0. The molecule has 1 saturated carbocycles. The van der Waals surface area contributed by atoms with Crippen LogP contribution in [0, 0.1) is 16.0 Å². The van der Waals surface area contributed by atoms with E-state index in [1.807, 2.05) is 0 Å². The highest BCUT2D eigenvalue weighted by Crippen LogP contribution is 2.42. The van der Waals surface area contributed by atoms with Crippen molar-refractivity contribution in [1.29, 1.82) is 0 Å². The summed E-state index contributed by atoms with van der Waals surface area (Å²) in [5, 5.41) is 10.8. The van der Waals surface area contributed by atoms with Gasteiger partial charge in [0.05, 0.1) is 23.8 Å². The highest BCUT2D eigenvalue weighted by Gasteiger charge is 2.42. The Labute approximate surface area is 116 Å². The molecule has 0 N–H and O–H groups in total. The first-order valence-corrected chi connectivity index (χ1v) is 6.77. The Bertz CT molecular complexity index is 564. The molecule has 1 aliphatic carbocycles. The molecule has 0 unspecified atom stereocenters. The van der Waals surface area contributed by atoms with Gasteiger partial charge in [-0.1, -0.05) is 0 Å². The number of nitro benzene ring substituents is 1. The summed E-state index contributed by atoms with van der Waals surface area (Å²) in [4.78, 5) is 24.5. The van der Waals surface area contributed by atoms with Gasteiger partial charge in [-0.25, -0.2) is 0 Å². The van der Waals surface area contributed by atoms with Crippen molar-refractivity contribution in [2.45, 2.75) is 31.7 Å². The van der Waals surface area contributed by atoms with Crippen LogP contribution in [-0.4, -0.2) is 24.0 Å². The third kappa shape index (κ3) is 1.92. The van der Waals surface area contributed by atoms with Gasteiger partial charge in [0.25, 0.3) is 5.69 Å². The zero-order valence-corrected chi connectivity index (χ0v) is 11.2. The van der Waals surface area contributed by atoms with Crippen LogP contribution < -0.4 is 9.64 Å². The number of non-ortho nitro benzene ring substituents is 1. The second kappa shape index (κ2) is 4.77. The molecule has 4 rings (SSSR count). The first-order valence-electron chi connectivity index (χ1n) is 6.77. The molecule has 0 aromatic heterocycles. The number of nitro groups is 1. The van der Waals surface area contributed by atoms with Crippen molar-refractivity contribution in [3.63, 3.8) is 0 Å². The van der Waals surface area contributed by atoms with Gasteiger partial charge in [0, 0.05) is 18.0 Å². The SMILES string of the molecule is COc1cc([N+](=O)[O-])ccc1N1C(=O)C2CCC1CC2. The van der Waals surface area contributed by atoms with Crippen LogP contribution in [0.4, 0.5) is 11.4 Å². The van der Waals surface area contributed by atoms with Gasteiger partial charge in [0.15, 0.2) is 0 Å². The van der Waals surface area contributed by atoms with Crippen LogP contribution in [0.5, 0.6) is 5.75 Å². The molecule has 106 valence electrons. The van der Waals surface area contributed by atoms with E-state index in [1.165, 1.54) is 19.2 Å². The number of carbonyl (C=O) groups is 1. The number of rotatable bonds is 3. The number of carbonyl (C=O) groups excluding carboxylic acids is 1. The number of hydrogen-bond donors (Lipinski definition) is 0. The predicted molar refractivity (Wildman–Crippen MR) is 72.9 cm³/mol. The van der Waals surface area contributed by atoms with E-state index in [0.29, 0.717) is 11.4 Å². The minimum absolute atomic E-state index is 0.0276. The second-order valence-electron chi connectivity index (χ2n) is 5.33. The van der Waals surface area contributed by atoms with Crippen molar-refractivity contribution in [2.24, 2.45) is 5.92 Å². The number of methoxy groups -OCH3 is 1. The summed E-state index contributed by atoms with van der Waals surface area (Å²) < 4.78 is 5.25. The molecule has 6 nitrogen and oxygen atoms in total. The molecule has 1 aromatic rings. The van der Waals surface area contributed by atoms with E-state index >= 15 is 0 Å². The third-order valence-electron chi connectivity index (χ3n) is 4.28. The smallest absolute Gasteiger partial charge is 0.273 e. The number of amides is 1. The number of benzene rings is 1. The standard InChI is InChI=1S/C14H16N2O4/c1-20-13-8-11(16(18)19)6-7-12(13)15-10-4-2-9(3-5-10)14(15)17/h6-10H,2-5H2,1H3. The maximum absolute atomic E-state index is 12.4. The van der Waals surface area contributed by atoms with Gasteiger partial charge in [-0.15, -0.1) is 0 Å². The number of ether oxygens (including phenoxy) is 1. The maximum Gasteiger partial charge on any atom is 0.273 e. The summed E-state index contributed by atoms with van der Waals surface area (Å²) in [6.07, 6.45) is 3.90. The first kappa shape index (κ1) is 12.9. The molecule has 2 saturated heterocycles. The molecule has 1 aromatic carbocycles.